The molecule has 18 heavy (non-hydrogen) atoms. The van der Waals surface area contributed by atoms with Crippen LogP contribution in [0, 0.1) is 5.82 Å². The Morgan fingerprint density at radius 2 is 2.33 bits per heavy atom. The highest BCUT2D eigenvalue weighted by Gasteiger charge is 1.96. The van der Waals surface area contributed by atoms with Gasteiger partial charge in [0.1, 0.15) is 18.2 Å². The van der Waals surface area contributed by atoms with Crippen LogP contribution in [-0.4, -0.2) is 25.7 Å². The summed E-state index contributed by atoms with van der Waals surface area (Å²) < 4.78 is 18.2. The second-order valence-corrected chi connectivity index (χ2v) is 3.89. The third kappa shape index (κ3) is 5.89. The molecule has 0 aliphatic heterocycles. The molecule has 1 rings (SSSR count). The Labute approximate surface area is 106 Å². The predicted octanol–water partition coefficient (Wildman–Crippen LogP) is 1.68. The fraction of sp³-hybridized carbons (Fsp3) is 0.308. The molecule has 0 unspecified atom stereocenters. The summed E-state index contributed by atoms with van der Waals surface area (Å²) in [5.41, 5.74) is 6.55. The van der Waals surface area contributed by atoms with Crippen LogP contribution in [0.15, 0.2) is 41.4 Å². The van der Waals surface area contributed by atoms with Gasteiger partial charge in [0.25, 0.3) is 0 Å². The van der Waals surface area contributed by atoms with E-state index in [9.17, 15) is 4.39 Å². The van der Waals surface area contributed by atoms with Crippen LogP contribution in [0.2, 0.25) is 0 Å². The van der Waals surface area contributed by atoms with E-state index < -0.39 is 0 Å². The number of rotatable bonds is 6. The van der Waals surface area contributed by atoms with Gasteiger partial charge in [-0.25, -0.2) is 9.38 Å². The van der Waals surface area contributed by atoms with Crippen molar-refractivity contribution in [2.75, 3.05) is 19.7 Å². The Kier molecular flexibility index (Phi) is 5.70. The van der Waals surface area contributed by atoms with E-state index in [4.69, 9.17) is 10.5 Å². The van der Waals surface area contributed by atoms with Gasteiger partial charge in [0.05, 0.1) is 13.1 Å². The minimum atomic E-state index is -0.317. The van der Waals surface area contributed by atoms with Gasteiger partial charge in [-0.2, -0.15) is 0 Å². The number of hydrogen-bond donors (Lipinski definition) is 2. The third-order valence-corrected chi connectivity index (χ3v) is 1.99. The van der Waals surface area contributed by atoms with Crippen molar-refractivity contribution in [3.05, 3.63) is 42.2 Å². The lowest BCUT2D eigenvalue weighted by molar-refractivity contribution is 0.320. The molecule has 0 spiro atoms. The van der Waals surface area contributed by atoms with Crippen LogP contribution in [0.5, 0.6) is 5.75 Å². The molecule has 0 saturated heterocycles. The molecule has 0 heterocycles. The minimum absolute atomic E-state index is 0.317. The van der Waals surface area contributed by atoms with Crippen LogP contribution in [-0.2, 0) is 0 Å². The molecule has 1 aromatic carbocycles. The van der Waals surface area contributed by atoms with E-state index in [1.54, 1.807) is 12.1 Å². The summed E-state index contributed by atoms with van der Waals surface area (Å²) in [7, 11) is 0. The maximum Gasteiger partial charge on any atom is 0.189 e. The standard InChI is InChI=1S/C13H18FN3O/c1-10(2)9-17-13(15)16-6-7-18-12-5-3-4-11(14)8-12/h3-5,8H,1,6-7,9H2,2H3,(H3,15,16,17). The first-order valence-corrected chi connectivity index (χ1v) is 5.64. The monoisotopic (exact) mass is 251 g/mol. The van der Waals surface area contributed by atoms with E-state index in [1.807, 2.05) is 6.92 Å². The van der Waals surface area contributed by atoms with Gasteiger partial charge >= 0.3 is 0 Å². The van der Waals surface area contributed by atoms with Crippen LogP contribution in [0.25, 0.3) is 0 Å². The van der Waals surface area contributed by atoms with Crippen molar-refractivity contribution in [1.29, 1.82) is 0 Å². The number of benzene rings is 1. The number of nitrogens with zero attached hydrogens (tertiary/aromatic N) is 1. The van der Waals surface area contributed by atoms with Gasteiger partial charge in [-0.1, -0.05) is 18.2 Å². The van der Waals surface area contributed by atoms with Crippen molar-refractivity contribution in [2.24, 2.45) is 10.7 Å². The highest BCUT2D eigenvalue weighted by atomic mass is 19.1. The van der Waals surface area contributed by atoms with Gasteiger partial charge < -0.3 is 15.8 Å². The van der Waals surface area contributed by atoms with E-state index in [0.717, 1.165) is 5.57 Å². The Balaban J connectivity index is 2.22. The molecule has 0 bridgehead atoms. The van der Waals surface area contributed by atoms with E-state index in [2.05, 4.69) is 16.9 Å². The van der Waals surface area contributed by atoms with E-state index >= 15 is 0 Å². The van der Waals surface area contributed by atoms with Gasteiger partial charge in [-0.15, -0.1) is 0 Å². The van der Waals surface area contributed by atoms with Crippen molar-refractivity contribution in [1.82, 2.24) is 5.32 Å². The first-order chi connectivity index (χ1) is 8.58. The summed E-state index contributed by atoms with van der Waals surface area (Å²) in [4.78, 5) is 4.05. The number of guanidine groups is 1. The summed E-state index contributed by atoms with van der Waals surface area (Å²) >= 11 is 0. The molecule has 0 fully saturated rings. The number of nitrogens with one attached hydrogen (secondary N) is 1. The lowest BCUT2D eigenvalue weighted by Crippen LogP contribution is -2.34. The van der Waals surface area contributed by atoms with Crippen LogP contribution in [0.3, 0.4) is 0 Å². The zero-order valence-corrected chi connectivity index (χ0v) is 10.4. The van der Waals surface area contributed by atoms with Gasteiger partial charge in [0.15, 0.2) is 5.96 Å². The summed E-state index contributed by atoms with van der Waals surface area (Å²) in [6.45, 7) is 6.99. The Morgan fingerprint density at radius 1 is 1.56 bits per heavy atom. The first-order valence-electron chi connectivity index (χ1n) is 5.64. The summed E-state index contributed by atoms with van der Waals surface area (Å²) in [6, 6.07) is 5.99. The van der Waals surface area contributed by atoms with Crippen molar-refractivity contribution in [3.8, 4) is 5.75 Å². The lowest BCUT2D eigenvalue weighted by atomic mass is 10.3. The molecule has 1 aromatic rings. The summed E-state index contributed by atoms with van der Waals surface area (Å²) in [5, 5.41) is 2.89. The van der Waals surface area contributed by atoms with E-state index in [0.29, 0.717) is 31.4 Å². The first kappa shape index (κ1) is 14.0. The van der Waals surface area contributed by atoms with Gasteiger partial charge in [-0.05, 0) is 19.1 Å². The Morgan fingerprint density at radius 3 is 3.00 bits per heavy atom. The maximum atomic E-state index is 12.8. The molecule has 0 atom stereocenters. The number of nitrogens with two attached hydrogens (primary N) is 1. The molecule has 0 amide bonds. The molecular formula is C13H18FN3O. The quantitative estimate of drug-likeness (QED) is 0.350. The highest BCUT2D eigenvalue weighted by molar-refractivity contribution is 5.77. The molecule has 98 valence electrons. The topological polar surface area (TPSA) is 59.6 Å². The molecule has 0 aliphatic carbocycles. The van der Waals surface area contributed by atoms with E-state index in [-0.39, 0.29) is 5.82 Å². The molecule has 0 aliphatic rings. The second-order valence-electron chi connectivity index (χ2n) is 3.89. The van der Waals surface area contributed by atoms with Gasteiger partial charge in [0.2, 0.25) is 0 Å². The molecule has 0 aromatic heterocycles. The van der Waals surface area contributed by atoms with Crippen molar-refractivity contribution < 1.29 is 9.13 Å². The lowest BCUT2D eigenvalue weighted by Gasteiger charge is -2.08. The third-order valence-electron chi connectivity index (χ3n) is 1.99. The largest absolute Gasteiger partial charge is 0.492 e. The minimum Gasteiger partial charge on any atom is -0.492 e. The SMILES string of the molecule is C=C(C)CN=C(N)NCCOc1cccc(F)c1. The normalized spacial score (nSPS) is 11.1. The van der Waals surface area contributed by atoms with Gasteiger partial charge in [0, 0.05) is 6.07 Å². The van der Waals surface area contributed by atoms with Gasteiger partial charge in [-0.3, -0.25) is 0 Å². The van der Waals surface area contributed by atoms with Crippen LogP contribution in [0.4, 0.5) is 4.39 Å². The second kappa shape index (κ2) is 7.32. The average molecular weight is 251 g/mol. The number of aliphatic imine (C=N–C) groups is 1. The molecule has 4 nitrogen and oxygen atoms in total. The molecule has 5 heteroatoms. The molecule has 0 saturated carbocycles. The molecule has 0 radical (unpaired) electrons. The highest BCUT2D eigenvalue weighted by Crippen LogP contribution is 2.11. The summed E-state index contributed by atoms with van der Waals surface area (Å²) in [6.07, 6.45) is 0. The van der Waals surface area contributed by atoms with Crippen molar-refractivity contribution in [2.45, 2.75) is 6.92 Å². The Hall–Kier alpha value is -2.04. The average Bonchev–Trinajstić information content (AvgIpc) is 2.32. The fourth-order valence-electron chi connectivity index (χ4n) is 1.18. The van der Waals surface area contributed by atoms with E-state index in [1.165, 1.54) is 12.1 Å². The van der Waals surface area contributed by atoms with Crippen molar-refractivity contribution >= 4 is 5.96 Å². The number of hydrogen-bond acceptors (Lipinski definition) is 2. The summed E-state index contributed by atoms with van der Waals surface area (Å²) in [5.74, 6) is 0.526. The molecular weight excluding hydrogens is 233 g/mol. The zero-order chi connectivity index (χ0) is 13.4. The van der Waals surface area contributed by atoms with Crippen molar-refractivity contribution in [3.63, 3.8) is 0 Å². The Bertz CT molecular complexity index is 432. The number of halogens is 1. The predicted molar refractivity (Wildman–Crippen MR) is 71.2 cm³/mol. The van der Waals surface area contributed by atoms with Crippen LogP contribution in [0.1, 0.15) is 6.92 Å². The maximum absolute atomic E-state index is 12.8. The molecule has 3 N–H and O–H groups in total. The smallest absolute Gasteiger partial charge is 0.189 e. The van der Waals surface area contributed by atoms with Crippen LogP contribution >= 0.6 is 0 Å². The fourth-order valence-corrected chi connectivity index (χ4v) is 1.18. The van der Waals surface area contributed by atoms with Crippen LogP contribution < -0.4 is 15.8 Å². The zero-order valence-electron chi connectivity index (χ0n) is 10.4. The number of ether oxygens (including phenoxy) is 1.